The molecule has 0 aliphatic rings. The molecule has 152 valence electrons. The largest absolute Gasteiger partial charge is 0.430 e. The lowest BCUT2D eigenvalue weighted by Gasteiger charge is -2.17. The van der Waals surface area contributed by atoms with Crippen LogP contribution < -0.4 is 4.74 Å². The van der Waals surface area contributed by atoms with Gasteiger partial charge >= 0.3 is 0 Å². The van der Waals surface area contributed by atoms with E-state index in [9.17, 15) is 0 Å². The van der Waals surface area contributed by atoms with E-state index in [-0.39, 0.29) is 0 Å². The normalized spacial score (nSPS) is 11.4. The van der Waals surface area contributed by atoms with Crippen molar-refractivity contribution in [2.45, 2.75) is 40.2 Å². The number of ether oxygens (including phenoxy) is 1. The summed E-state index contributed by atoms with van der Waals surface area (Å²) in [6.45, 7) is 8.32. The van der Waals surface area contributed by atoms with E-state index in [0.717, 1.165) is 38.4 Å². The summed E-state index contributed by atoms with van der Waals surface area (Å²) in [5.74, 6) is 1.55. The molecular formula is C22H25BrN4OS. The first-order valence-corrected chi connectivity index (χ1v) is 11.0. The second-order valence-corrected chi connectivity index (χ2v) is 8.92. The lowest BCUT2D eigenvalue weighted by atomic mass is 10.1. The number of halogens is 1. The maximum Gasteiger partial charge on any atom is 0.298 e. The van der Waals surface area contributed by atoms with Gasteiger partial charge in [-0.25, -0.2) is 4.99 Å². The van der Waals surface area contributed by atoms with Crippen LogP contribution in [0, 0.1) is 13.8 Å². The van der Waals surface area contributed by atoms with E-state index >= 15 is 0 Å². The molecule has 1 heterocycles. The maximum absolute atomic E-state index is 6.02. The van der Waals surface area contributed by atoms with Crippen LogP contribution in [0.15, 0.2) is 45.9 Å². The summed E-state index contributed by atoms with van der Waals surface area (Å²) in [5.41, 5.74) is 4.17. The standard InChI is InChI=1S/C22H25BrN4OS/c1-14(2)27(5)13-24-19-10-16(4)20(11-15(19)3)28-22-25-21(26-29-22)12-17-6-8-18(23)9-7-17/h6-11,13-14H,12H2,1-5H3/b24-13-. The topological polar surface area (TPSA) is 50.6 Å². The first-order chi connectivity index (χ1) is 13.8. The van der Waals surface area contributed by atoms with E-state index in [1.807, 2.05) is 51.5 Å². The van der Waals surface area contributed by atoms with Crippen molar-refractivity contribution in [3.8, 4) is 10.9 Å². The minimum absolute atomic E-state index is 0.409. The Labute approximate surface area is 184 Å². The van der Waals surface area contributed by atoms with Crippen molar-refractivity contribution >= 4 is 39.5 Å². The van der Waals surface area contributed by atoms with Gasteiger partial charge in [-0.05, 0) is 68.7 Å². The summed E-state index contributed by atoms with van der Waals surface area (Å²) in [5, 5.41) is 0.551. The molecule has 0 unspecified atom stereocenters. The van der Waals surface area contributed by atoms with Crippen molar-refractivity contribution in [3.63, 3.8) is 0 Å². The third-order valence-electron chi connectivity index (χ3n) is 4.61. The number of benzene rings is 2. The summed E-state index contributed by atoms with van der Waals surface area (Å²) in [4.78, 5) is 11.2. The first-order valence-electron chi connectivity index (χ1n) is 9.44. The monoisotopic (exact) mass is 472 g/mol. The van der Waals surface area contributed by atoms with Gasteiger partial charge < -0.3 is 9.64 Å². The molecule has 1 aromatic heterocycles. The Bertz CT molecular complexity index is 999. The van der Waals surface area contributed by atoms with Gasteiger partial charge in [0.25, 0.3) is 5.19 Å². The van der Waals surface area contributed by atoms with Crippen molar-refractivity contribution in [1.29, 1.82) is 0 Å². The predicted molar refractivity (Wildman–Crippen MR) is 124 cm³/mol. The quantitative estimate of drug-likeness (QED) is 0.299. The van der Waals surface area contributed by atoms with Gasteiger partial charge in [-0.3, -0.25) is 0 Å². The molecule has 0 bridgehead atoms. The Morgan fingerprint density at radius 3 is 2.59 bits per heavy atom. The zero-order chi connectivity index (χ0) is 21.0. The minimum atomic E-state index is 0.409. The molecule has 0 fully saturated rings. The Balaban J connectivity index is 1.71. The number of rotatable bonds is 7. The van der Waals surface area contributed by atoms with Gasteiger partial charge in [0.05, 0.1) is 12.0 Å². The van der Waals surface area contributed by atoms with E-state index < -0.39 is 0 Å². The number of aryl methyl sites for hydroxylation is 2. The van der Waals surface area contributed by atoms with Crippen LogP contribution in [-0.2, 0) is 6.42 Å². The zero-order valence-electron chi connectivity index (χ0n) is 17.3. The molecule has 0 N–H and O–H groups in total. The second-order valence-electron chi connectivity index (χ2n) is 7.29. The fraction of sp³-hybridized carbons (Fsp3) is 0.318. The highest BCUT2D eigenvalue weighted by molar-refractivity contribution is 9.10. The molecule has 3 aromatic rings. The third kappa shape index (κ3) is 5.87. The van der Waals surface area contributed by atoms with E-state index in [4.69, 9.17) is 4.74 Å². The summed E-state index contributed by atoms with van der Waals surface area (Å²) < 4.78 is 11.5. The van der Waals surface area contributed by atoms with Crippen molar-refractivity contribution in [3.05, 3.63) is 63.4 Å². The smallest absolute Gasteiger partial charge is 0.298 e. The summed E-state index contributed by atoms with van der Waals surface area (Å²) in [6.07, 6.45) is 2.55. The van der Waals surface area contributed by atoms with Crippen molar-refractivity contribution in [1.82, 2.24) is 14.3 Å². The number of nitrogens with zero attached hydrogens (tertiary/aromatic N) is 4. The van der Waals surface area contributed by atoms with Crippen molar-refractivity contribution < 1.29 is 4.74 Å². The van der Waals surface area contributed by atoms with Crippen LogP contribution in [0.2, 0.25) is 0 Å². The van der Waals surface area contributed by atoms with Crippen LogP contribution in [0.25, 0.3) is 0 Å². The van der Waals surface area contributed by atoms with Gasteiger partial charge in [-0.15, -0.1) is 0 Å². The lowest BCUT2D eigenvalue weighted by Crippen LogP contribution is -2.24. The highest BCUT2D eigenvalue weighted by Crippen LogP contribution is 2.32. The molecule has 29 heavy (non-hydrogen) atoms. The van der Waals surface area contributed by atoms with E-state index in [2.05, 4.69) is 61.2 Å². The van der Waals surface area contributed by atoms with Crippen LogP contribution >= 0.6 is 27.5 Å². The summed E-state index contributed by atoms with van der Waals surface area (Å²) in [7, 11) is 2.02. The molecule has 2 aromatic carbocycles. The van der Waals surface area contributed by atoms with Crippen LogP contribution in [0.1, 0.15) is 36.4 Å². The fourth-order valence-electron chi connectivity index (χ4n) is 2.54. The molecule has 0 aliphatic carbocycles. The molecule has 3 rings (SSSR count). The molecule has 0 saturated carbocycles. The van der Waals surface area contributed by atoms with E-state index in [1.54, 1.807) is 0 Å². The Hall–Kier alpha value is -2.25. The van der Waals surface area contributed by atoms with Gasteiger partial charge in [-0.1, -0.05) is 28.1 Å². The molecule has 7 heteroatoms. The van der Waals surface area contributed by atoms with Crippen molar-refractivity contribution in [2.75, 3.05) is 7.05 Å². The SMILES string of the molecule is Cc1cc(Oc2nc(Cc3ccc(Br)cc3)ns2)c(C)cc1/N=C\N(C)C(C)C. The molecule has 0 amide bonds. The van der Waals surface area contributed by atoms with Gasteiger partial charge in [0.2, 0.25) is 0 Å². The van der Waals surface area contributed by atoms with Crippen LogP contribution in [0.5, 0.6) is 10.9 Å². The molecule has 0 aliphatic heterocycles. The molecule has 5 nitrogen and oxygen atoms in total. The zero-order valence-corrected chi connectivity index (χ0v) is 19.7. The van der Waals surface area contributed by atoms with Crippen LogP contribution in [0.4, 0.5) is 5.69 Å². The summed E-state index contributed by atoms with van der Waals surface area (Å²) >= 11 is 4.73. The van der Waals surface area contributed by atoms with Gasteiger partial charge in [0.1, 0.15) is 5.75 Å². The van der Waals surface area contributed by atoms with Crippen LogP contribution in [0.3, 0.4) is 0 Å². The molecule has 0 spiro atoms. The highest BCUT2D eigenvalue weighted by atomic mass is 79.9. The van der Waals surface area contributed by atoms with E-state index in [0.29, 0.717) is 17.7 Å². The van der Waals surface area contributed by atoms with Crippen LogP contribution in [-0.4, -0.2) is 33.7 Å². The fourth-order valence-corrected chi connectivity index (χ4v) is 3.37. The molecule has 0 atom stereocenters. The van der Waals surface area contributed by atoms with Gasteiger partial charge in [-0.2, -0.15) is 9.36 Å². The molecule has 0 radical (unpaired) electrons. The van der Waals surface area contributed by atoms with Gasteiger partial charge in [0, 0.05) is 35.5 Å². The Kier molecular flexibility index (Phi) is 7.03. The number of hydrogen-bond donors (Lipinski definition) is 0. The lowest BCUT2D eigenvalue weighted by molar-refractivity contribution is 0.429. The Morgan fingerprint density at radius 1 is 1.17 bits per heavy atom. The predicted octanol–water partition coefficient (Wildman–Crippen LogP) is 6.30. The third-order valence-corrected chi connectivity index (χ3v) is 5.77. The molecular weight excluding hydrogens is 448 g/mol. The minimum Gasteiger partial charge on any atom is -0.430 e. The Morgan fingerprint density at radius 2 is 1.90 bits per heavy atom. The molecule has 0 saturated heterocycles. The average molecular weight is 473 g/mol. The summed E-state index contributed by atoms with van der Waals surface area (Å²) in [6, 6.07) is 12.6. The average Bonchev–Trinajstić information content (AvgIpc) is 3.11. The highest BCUT2D eigenvalue weighted by Gasteiger charge is 2.11. The number of hydrogen-bond acceptors (Lipinski definition) is 5. The van der Waals surface area contributed by atoms with E-state index in [1.165, 1.54) is 11.5 Å². The number of aliphatic imine (C=N–C) groups is 1. The first kappa shape index (κ1) is 21.5. The van der Waals surface area contributed by atoms with Gasteiger partial charge in [0.15, 0.2) is 5.82 Å². The number of aromatic nitrogens is 2. The maximum atomic E-state index is 6.02. The second kappa shape index (κ2) is 9.50. The van der Waals surface area contributed by atoms with Crippen molar-refractivity contribution in [2.24, 2.45) is 4.99 Å².